The average molecular weight is 298 g/mol. The van der Waals surface area contributed by atoms with Crippen LogP contribution in [0.5, 0.6) is 0 Å². The third-order valence-corrected chi connectivity index (χ3v) is 4.99. The van der Waals surface area contributed by atoms with Crippen molar-refractivity contribution in [3.8, 4) is 0 Å². The van der Waals surface area contributed by atoms with Crippen molar-refractivity contribution in [3.05, 3.63) is 29.3 Å². The molecule has 1 aromatic carbocycles. The monoisotopic (exact) mass is 298 g/mol. The SMILES string of the molecule is CCNCc1cc(S(=O)(=O)NC(C)CC)ccc1CC. The van der Waals surface area contributed by atoms with E-state index >= 15 is 0 Å². The summed E-state index contributed by atoms with van der Waals surface area (Å²) in [6, 6.07) is 5.34. The molecule has 1 unspecified atom stereocenters. The third-order valence-electron chi connectivity index (χ3n) is 3.40. The molecule has 2 N–H and O–H groups in total. The highest BCUT2D eigenvalue weighted by atomic mass is 32.2. The molecule has 0 bridgehead atoms. The number of nitrogens with one attached hydrogen (secondary N) is 2. The van der Waals surface area contributed by atoms with Crippen molar-refractivity contribution in [2.45, 2.75) is 58.0 Å². The van der Waals surface area contributed by atoms with Crippen LogP contribution in [0.25, 0.3) is 0 Å². The van der Waals surface area contributed by atoms with Gasteiger partial charge in [0.05, 0.1) is 4.90 Å². The highest BCUT2D eigenvalue weighted by molar-refractivity contribution is 7.89. The number of hydrogen-bond acceptors (Lipinski definition) is 3. The predicted molar refractivity (Wildman–Crippen MR) is 83.3 cm³/mol. The largest absolute Gasteiger partial charge is 0.313 e. The van der Waals surface area contributed by atoms with E-state index in [0.717, 1.165) is 24.9 Å². The first kappa shape index (κ1) is 17.1. The summed E-state index contributed by atoms with van der Waals surface area (Å²) in [5.74, 6) is 0. The van der Waals surface area contributed by atoms with Crippen LogP contribution in [0, 0.1) is 0 Å². The third kappa shape index (κ3) is 4.58. The van der Waals surface area contributed by atoms with Gasteiger partial charge in [0.25, 0.3) is 0 Å². The molecule has 114 valence electrons. The van der Waals surface area contributed by atoms with Crippen molar-refractivity contribution in [3.63, 3.8) is 0 Å². The molecule has 0 amide bonds. The minimum absolute atomic E-state index is 0.0527. The lowest BCUT2D eigenvalue weighted by atomic mass is 10.1. The van der Waals surface area contributed by atoms with Gasteiger partial charge in [-0.3, -0.25) is 0 Å². The van der Waals surface area contributed by atoms with Crippen LogP contribution in [0.15, 0.2) is 23.1 Å². The molecule has 20 heavy (non-hydrogen) atoms. The van der Waals surface area contributed by atoms with Crippen LogP contribution in [0.3, 0.4) is 0 Å². The Labute approximate surface area is 123 Å². The summed E-state index contributed by atoms with van der Waals surface area (Å²) in [6.45, 7) is 9.52. The summed E-state index contributed by atoms with van der Waals surface area (Å²) in [4.78, 5) is 0.350. The van der Waals surface area contributed by atoms with Crippen LogP contribution in [0.4, 0.5) is 0 Å². The van der Waals surface area contributed by atoms with Gasteiger partial charge in [-0.25, -0.2) is 13.1 Å². The van der Waals surface area contributed by atoms with Crippen LogP contribution >= 0.6 is 0 Å². The Morgan fingerprint density at radius 1 is 1.15 bits per heavy atom. The molecule has 0 heterocycles. The minimum atomic E-state index is -3.42. The molecule has 1 aromatic rings. The number of sulfonamides is 1. The summed E-state index contributed by atoms with van der Waals surface area (Å²) in [6.07, 6.45) is 1.68. The highest BCUT2D eigenvalue weighted by Gasteiger charge is 2.17. The van der Waals surface area contributed by atoms with Crippen LogP contribution in [0.2, 0.25) is 0 Å². The van der Waals surface area contributed by atoms with E-state index in [-0.39, 0.29) is 6.04 Å². The molecular weight excluding hydrogens is 272 g/mol. The van der Waals surface area contributed by atoms with E-state index < -0.39 is 10.0 Å². The maximum absolute atomic E-state index is 12.3. The standard InChI is InChI=1S/C15H26N2O2S/c1-5-12(4)17-20(18,19)15-9-8-13(6-2)14(10-15)11-16-7-3/h8-10,12,16-17H,5-7,11H2,1-4H3. The molecule has 0 aliphatic carbocycles. The zero-order valence-corrected chi connectivity index (χ0v) is 13.7. The molecule has 0 spiro atoms. The van der Waals surface area contributed by atoms with Gasteiger partial charge >= 0.3 is 0 Å². The lowest BCUT2D eigenvalue weighted by Crippen LogP contribution is -2.32. The quantitative estimate of drug-likeness (QED) is 0.775. The molecule has 0 radical (unpaired) electrons. The lowest BCUT2D eigenvalue weighted by Gasteiger charge is -2.15. The van der Waals surface area contributed by atoms with E-state index in [1.54, 1.807) is 12.1 Å². The molecule has 4 nitrogen and oxygen atoms in total. The maximum atomic E-state index is 12.3. The van der Waals surface area contributed by atoms with E-state index in [9.17, 15) is 8.42 Å². The number of hydrogen-bond donors (Lipinski definition) is 2. The fourth-order valence-electron chi connectivity index (χ4n) is 1.95. The molecular formula is C15H26N2O2S. The van der Waals surface area contributed by atoms with Crippen LogP contribution in [0.1, 0.15) is 45.2 Å². The molecule has 0 saturated carbocycles. The van der Waals surface area contributed by atoms with Gasteiger partial charge in [-0.15, -0.1) is 0 Å². The van der Waals surface area contributed by atoms with Crippen LogP contribution in [-0.2, 0) is 23.0 Å². The van der Waals surface area contributed by atoms with E-state index in [2.05, 4.69) is 17.0 Å². The summed E-state index contributed by atoms with van der Waals surface area (Å²) in [5, 5.41) is 3.25. The Bertz CT molecular complexity index is 527. The zero-order valence-electron chi connectivity index (χ0n) is 12.9. The Morgan fingerprint density at radius 3 is 2.40 bits per heavy atom. The maximum Gasteiger partial charge on any atom is 0.240 e. The highest BCUT2D eigenvalue weighted by Crippen LogP contribution is 2.17. The smallest absolute Gasteiger partial charge is 0.240 e. The van der Waals surface area contributed by atoms with Crippen molar-refractivity contribution in [1.29, 1.82) is 0 Å². The minimum Gasteiger partial charge on any atom is -0.313 e. The summed E-state index contributed by atoms with van der Waals surface area (Å²) >= 11 is 0. The molecule has 0 aliphatic rings. The van der Waals surface area contributed by atoms with Gasteiger partial charge < -0.3 is 5.32 Å². The zero-order chi connectivity index (χ0) is 15.2. The number of benzene rings is 1. The normalized spacial score (nSPS) is 13.4. The van der Waals surface area contributed by atoms with Gasteiger partial charge in [0.1, 0.15) is 0 Å². The predicted octanol–water partition coefficient (Wildman–Crippen LogP) is 2.44. The second-order valence-corrected chi connectivity index (χ2v) is 6.71. The van der Waals surface area contributed by atoms with Crippen molar-refractivity contribution in [2.75, 3.05) is 6.54 Å². The second kappa shape index (κ2) is 7.76. The first-order valence-corrected chi connectivity index (χ1v) is 8.77. The Balaban J connectivity index is 3.06. The van der Waals surface area contributed by atoms with Crippen LogP contribution in [-0.4, -0.2) is 21.0 Å². The Hall–Kier alpha value is -0.910. The fourth-order valence-corrected chi connectivity index (χ4v) is 3.33. The first-order valence-electron chi connectivity index (χ1n) is 7.29. The Morgan fingerprint density at radius 2 is 1.85 bits per heavy atom. The van der Waals surface area contributed by atoms with E-state index in [1.807, 2.05) is 26.8 Å². The van der Waals surface area contributed by atoms with Crippen molar-refractivity contribution < 1.29 is 8.42 Å². The first-order chi connectivity index (χ1) is 9.44. The number of rotatable bonds is 8. The van der Waals surface area contributed by atoms with Gasteiger partial charge in [0.15, 0.2) is 0 Å². The van der Waals surface area contributed by atoms with Gasteiger partial charge in [-0.1, -0.05) is 26.8 Å². The molecule has 1 rings (SSSR count). The van der Waals surface area contributed by atoms with Crippen molar-refractivity contribution >= 4 is 10.0 Å². The van der Waals surface area contributed by atoms with E-state index in [1.165, 1.54) is 5.56 Å². The number of aryl methyl sites for hydroxylation is 1. The molecule has 1 atom stereocenters. The van der Waals surface area contributed by atoms with Gasteiger partial charge in [0, 0.05) is 12.6 Å². The Kier molecular flexibility index (Phi) is 6.65. The summed E-state index contributed by atoms with van der Waals surface area (Å²) in [7, 11) is -3.42. The van der Waals surface area contributed by atoms with Gasteiger partial charge in [-0.05, 0) is 49.6 Å². The van der Waals surface area contributed by atoms with Gasteiger partial charge in [0.2, 0.25) is 10.0 Å². The average Bonchev–Trinajstić information content (AvgIpc) is 2.44. The molecule has 0 aliphatic heterocycles. The van der Waals surface area contributed by atoms with Crippen molar-refractivity contribution in [1.82, 2.24) is 10.0 Å². The molecule has 0 saturated heterocycles. The summed E-state index contributed by atoms with van der Waals surface area (Å²) < 4.78 is 27.3. The lowest BCUT2D eigenvalue weighted by molar-refractivity contribution is 0.555. The second-order valence-electron chi connectivity index (χ2n) is 4.99. The van der Waals surface area contributed by atoms with E-state index in [4.69, 9.17) is 0 Å². The van der Waals surface area contributed by atoms with E-state index in [0.29, 0.717) is 11.4 Å². The fraction of sp³-hybridized carbons (Fsp3) is 0.600. The van der Waals surface area contributed by atoms with Crippen LogP contribution < -0.4 is 10.0 Å². The topological polar surface area (TPSA) is 58.2 Å². The molecule has 0 fully saturated rings. The summed E-state index contributed by atoms with van der Waals surface area (Å²) in [5.41, 5.74) is 2.25. The molecule has 0 aromatic heterocycles. The van der Waals surface area contributed by atoms with Gasteiger partial charge in [-0.2, -0.15) is 0 Å². The molecule has 5 heteroatoms. The van der Waals surface area contributed by atoms with Crippen molar-refractivity contribution in [2.24, 2.45) is 0 Å².